The lowest BCUT2D eigenvalue weighted by molar-refractivity contribution is 0.581. The van der Waals surface area contributed by atoms with Crippen LogP contribution >= 0.6 is 15.9 Å². The molecule has 1 N–H and O–H groups in total. The lowest BCUT2D eigenvalue weighted by atomic mass is 10.2. The van der Waals surface area contributed by atoms with Crippen molar-refractivity contribution in [3.8, 4) is 0 Å². The van der Waals surface area contributed by atoms with Crippen molar-refractivity contribution in [2.45, 2.75) is 17.7 Å². The van der Waals surface area contributed by atoms with E-state index in [2.05, 4.69) is 20.7 Å². The summed E-state index contributed by atoms with van der Waals surface area (Å²) in [5, 5.41) is 0.869. The van der Waals surface area contributed by atoms with Crippen LogP contribution in [0.25, 0.3) is 0 Å². The molecule has 0 radical (unpaired) electrons. The molecule has 0 heterocycles. The molecule has 0 spiro atoms. The van der Waals surface area contributed by atoms with Crippen molar-refractivity contribution < 1.29 is 8.42 Å². The molecule has 0 unspecified atom stereocenters. The molecule has 0 saturated carbocycles. The van der Waals surface area contributed by atoms with E-state index in [-0.39, 0.29) is 0 Å². The van der Waals surface area contributed by atoms with Crippen LogP contribution in [-0.2, 0) is 22.9 Å². The summed E-state index contributed by atoms with van der Waals surface area (Å²) in [5.74, 6) is 0. The molecule has 0 aliphatic carbocycles. The first-order valence-electron chi connectivity index (χ1n) is 6.80. The highest BCUT2D eigenvalue weighted by atomic mass is 79.9. The van der Waals surface area contributed by atoms with E-state index in [1.165, 1.54) is 0 Å². The average molecular weight is 368 g/mol. The number of hydrogen-bond donors (Lipinski definition) is 1. The zero-order chi connectivity index (χ0) is 15.1. The molecule has 2 aromatic rings. The normalized spacial score (nSPS) is 11.5. The minimum Gasteiger partial charge on any atom is -0.211 e. The predicted molar refractivity (Wildman–Crippen MR) is 89.3 cm³/mol. The molecule has 112 valence electrons. The quantitative estimate of drug-likeness (QED) is 0.764. The number of nitrogens with one attached hydrogen (secondary N) is 1. The van der Waals surface area contributed by atoms with Crippen molar-refractivity contribution in [2.24, 2.45) is 0 Å². The molecule has 2 rings (SSSR count). The van der Waals surface area contributed by atoms with Gasteiger partial charge in [-0.1, -0.05) is 58.4 Å². The lowest BCUT2D eigenvalue weighted by Crippen LogP contribution is -2.26. The predicted octanol–water partition coefficient (Wildman–Crippen LogP) is 3.15. The fourth-order valence-corrected chi connectivity index (χ4v) is 3.49. The average Bonchev–Trinajstić information content (AvgIpc) is 2.49. The SMILES string of the molecule is O=S(=O)(NCCc1ccccc1)c1ccc(CCBr)cc1. The monoisotopic (exact) mass is 367 g/mol. The van der Waals surface area contributed by atoms with Crippen LogP contribution in [0.1, 0.15) is 11.1 Å². The third kappa shape index (κ3) is 4.95. The number of halogens is 1. The highest BCUT2D eigenvalue weighted by Crippen LogP contribution is 2.11. The molecule has 0 aliphatic heterocycles. The van der Waals surface area contributed by atoms with Gasteiger partial charge in [0.1, 0.15) is 0 Å². The van der Waals surface area contributed by atoms with Gasteiger partial charge >= 0.3 is 0 Å². The molecule has 0 aliphatic rings. The molecule has 0 atom stereocenters. The van der Waals surface area contributed by atoms with Crippen molar-refractivity contribution in [2.75, 3.05) is 11.9 Å². The minimum absolute atomic E-state index is 0.314. The molecule has 3 nitrogen and oxygen atoms in total. The molecule has 0 bridgehead atoms. The molecule has 5 heteroatoms. The molecular formula is C16H18BrNO2S. The second-order valence-electron chi connectivity index (χ2n) is 4.72. The van der Waals surface area contributed by atoms with Gasteiger partial charge in [0, 0.05) is 11.9 Å². The second kappa shape index (κ2) is 7.73. The zero-order valence-corrected chi connectivity index (χ0v) is 14.0. The summed E-state index contributed by atoms with van der Waals surface area (Å²) in [4.78, 5) is 0.314. The molecule has 0 saturated heterocycles. The Morgan fingerprint density at radius 3 is 2.10 bits per heavy atom. The Morgan fingerprint density at radius 1 is 0.857 bits per heavy atom. The molecular weight excluding hydrogens is 350 g/mol. The highest BCUT2D eigenvalue weighted by Gasteiger charge is 2.12. The van der Waals surface area contributed by atoms with Crippen molar-refractivity contribution >= 4 is 26.0 Å². The third-order valence-corrected chi connectivity index (χ3v) is 5.04. The Kier molecular flexibility index (Phi) is 5.96. The van der Waals surface area contributed by atoms with E-state index in [1.54, 1.807) is 12.1 Å². The smallest absolute Gasteiger partial charge is 0.211 e. The van der Waals surface area contributed by atoms with E-state index in [1.807, 2.05) is 42.5 Å². The first kappa shape index (κ1) is 16.2. The summed E-state index contributed by atoms with van der Waals surface area (Å²) >= 11 is 3.37. The molecule has 0 aromatic heterocycles. The second-order valence-corrected chi connectivity index (χ2v) is 7.28. The van der Waals surface area contributed by atoms with Crippen LogP contribution in [0.3, 0.4) is 0 Å². The summed E-state index contributed by atoms with van der Waals surface area (Å²) in [6, 6.07) is 16.8. The maximum absolute atomic E-state index is 12.2. The number of alkyl halides is 1. The van der Waals surface area contributed by atoms with E-state index in [0.717, 1.165) is 22.9 Å². The number of sulfonamides is 1. The number of benzene rings is 2. The van der Waals surface area contributed by atoms with Gasteiger partial charge in [0.2, 0.25) is 10.0 Å². The van der Waals surface area contributed by atoms with Crippen LogP contribution in [0.5, 0.6) is 0 Å². The maximum atomic E-state index is 12.2. The van der Waals surface area contributed by atoms with Crippen molar-refractivity contribution in [3.63, 3.8) is 0 Å². The Bertz CT molecular complexity index is 654. The number of hydrogen-bond acceptors (Lipinski definition) is 2. The lowest BCUT2D eigenvalue weighted by Gasteiger charge is -2.07. The van der Waals surface area contributed by atoms with Crippen LogP contribution in [0.2, 0.25) is 0 Å². The van der Waals surface area contributed by atoms with Crippen molar-refractivity contribution in [1.29, 1.82) is 0 Å². The molecule has 0 fully saturated rings. The Hall–Kier alpha value is -1.17. The summed E-state index contributed by atoms with van der Waals surface area (Å²) in [7, 11) is -3.42. The Balaban J connectivity index is 1.95. The van der Waals surface area contributed by atoms with Crippen molar-refractivity contribution in [3.05, 3.63) is 65.7 Å². The Morgan fingerprint density at radius 2 is 1.48 bits per heavy atom. The van der Waals surface area contributed by atoms with Gasteiger partial charge in [-0.3, -0.25) is 0 Å². The standard InChI is InChI=1S/C16H18BrNO2S/c17-12-10-15-6-8-16(9-7-15)21(19,20)18-13-11-14-4-2-1-3-5-14/h1-9,18H,10-13H2. The van der Waals surface area contributed by atoms with Gasteiger partial charge in [-0.25, -0.2) is 13.1 Å². The Labute approximate surface area is 134 Å². The van der Waals surface area contributed by atoms with Gasteiger partial charge in [0.05, 0.1) is 4.90 Å². The van der Waals surface area contributed by atoms with Crippen LogP contribution < -0.4 is 4.72 Å². The molecule has 2 aromatic carbocycles. The fraction of sp³-hybridized carbons (Fsp3) is 0.250. The largest absolute Gasteiger partial charge is 0.240 e. The third-order valence-electron chi connectivity index (χ3n) is 3.17. The summed E-state index contributed by atoms with van der Waals surface area (Å²) in [5.41, 5.74) is 2.24. The van der Waals surface area contributed by atoms with Gasteiger partial charge < -0.3 is 0 Å². The van der Waals surface area contributed by atoms with Crippen LogP contribution in [0.4, 0.5) is 0 Å². The van der Waals surface area contributed by atoms with Crippen LogP contribution in [0.15, 0.2) is 59.5 Å². The summed E-state index contributed by atoms with van der Waals surface area (Å²) in [6.45, 7) is 0.398. The highest BCUT2D eigenvalue weighted by molar-refractivity contribution is 9.09. The van der Waals surface area contributed by atoms with E-state index >= 15 is 0 Å². The zero-order valence-electron chi connectivity index (χ0n) is 11.6. The summed E-state index contributed by atoms with van der Waals surface area (Å²) < 4.78 is 27.0. The number of aryl methyl sites for hydroxylation is 1. The molecule has 0 amide bonds. The van der Waals surface area contributed by atoms with E-state index < -0.39 is 10.0 Å². The number of rotatable bonds is 7. The van der Waals surface area contributed by atoms with Gasteiger partial charge in [-0.15, -0.1) is 0 Å². The summed E-state index contributed by atoms with van der Waals surface area (Å²) in [6.07, 6.45) is 1.57. The van der Waals surface area contributed by atoms with E-state index in [4.69, 9.17) is 0 Å². The first-order chi connectivity index (χ1) is 10.1. The molecule has 21 heavy (non-hydrogen) atoms. The van der Waals surface area contributed by atoms with Gasteiger partial charge in [0.25, 0.3) is 0 Å². The van der Waals surface area contributed by atoms with E-state index in [9.17, 15) is 8.42 Å². The van der Waals surface area contributed by atoms with Gasteiger partial charge in [-0.2, -0.15) is 0 Å². The van der Waals surface area contributed by atoms with Gasteiger partial charge in [-0.05, 0) is 36.1 Å². The first-order valence-corrected chi connectivity index (χ1v) is 9.41. The van der Waals surface area contributed by atoms with Crippen LogP contribution in [0, 0.1) is 0 Å². The minimum atomic E-state index is -3.42. The topological polar surface area (TPSA) is 46.2 Å². The van der Waals surface area contributed by atoms with E-state index in [0.29, 0.717) is 17.9 Å². The van der Waals surface area contributed by atoms with Crippen molar-refractivity contribution in [1.82, 2.24) is 4.72 Å². The fourth-order valence-electron chi connectivity index (χ4n) is 2.00. The van der Waals surface area contributed by atoms with Crippen LogP contribution in [-0.4, -0.2) is 20.3 Å². The van der Waals surface area contributed by atoms with Gasteiger partial charge in [0.15, 0.2) is 0 Å². The maximum Gasteiger partial charge on any atom is 0.240 e.